The smallest absolute Gasteiger partial charge is 0.142 e. The second-order valence-corrected chi connectivity index (χ2v) is 4.38. The van der Waals surface area contributed by atoms with Crippen molar-refractivity contribution in [2.75, 3.05) is 0 Å². The highest BCUT2D eigenvalue weighted by atomic mass is 35.5. The van der Waals surface area contributed by atoms with E-state index in [2.05, 4.69) is 11.7 Å². The van der Waals surface area contributed by atoms with Crippen LogP contribution in [-0.4, -0.2) is 6.21 Å². The second-order valence-electron chi connectivity index (χ2n) is 3.98. The van der Waals surface area contributed by atoms with Crippen molar-refractivity contribution in [2.45, 2.75) is 6.61 Å². The molecule has 0 amide bonds. The van der Waals surface area contributed by atoms with Crippen molar-refractivity contribution in [1.29, 1.82) is 0 Å². The Balaban J connectivity index is 1.89. The van der Waals surface area contributed by atoms with Gasteiger partial charge in [-0.1, -0.05) is 71.9 Å². The fourth-order valence-electron chi connectivity index (χ4n) is 1.54. The number of benzene rings is 2. The van der Waals surface area contributed by atoms with E-state index in [0.29, 0.717) is 11.6 Å². The molecule has 0 bridgehead atoms. The van der Waals surface area contributed by atoms with Crippen LogP contribution in [0.25, 0.3) is 6.08 Å². The van der Waals surface area contributed by atoms with E-state index in [0.717, 1.165) is 16.7 Å². The molecule has 2 nitrogen and oxygen atoms in total. The maximum Gasteiger partial charge on any atom is 0.142 e. The van der Waals surface area contributed by atoms with Gasteiger partial charge in [-0.05, 0) is 17.2 Å². The number of hydrogen-bond acceptors (Lipinski definition) is 2. The van der Waals surface area contributed by atoms with Crippen LogP contribution >= 0.6 is 11.6 Å². The summed E-state index contributed by atoms with van der Waals surface area (Å²) in [4.78, 5) is 5.24. The largest absolute Gasteiger partial charge is 0.391 e. The highest BCUT2D eigenvalue weighted by molar-refractivity contribution is 6.33. The molecule has 19 heavy (non-hydrogen) atoms. The van der Waals surface area contributed by atoms with Crippen molar-refractivity contribution in [1.82, 2.24) is 0 Å². The van der Waals surface area contributed by atoms with Crippen LogP contribution in [0.15, 0.2) is 60.3 Å². The zero-order valence-electron chi connectivity index (χ0n) is 10.4. The lowest BCUT2D eigenvalue weighted by Gasteiger charge is -2.01. The molecule has 0 aliphatic rings. The summed E-state index contributed by atoms with van der Waals surface area (Å²) in [5.41, 5.74) is 2.98. The highest BCUT2D eigenvalue weighted by Crippen LogP contribution is 2.12. The Labute approximate surface area is 118 Å². The normalized spacial score (nSPS) is 10.6. The Kier molecular flexibility index (Phi) is 4.76. The molecule has 2 rings (SSSR count). The average molecular weight is 272 g/mol. The average Bonchev–Trinajstić information content (AvgIpc) is 2.46. The van der Waals surface area contributed by atoms with Crippen molar-refractivity contribution < 1.29 is 4.84 Å². The molecule has 0 aromatic heterocycles. The SMILES string of the molecule is C=Cc1ccc(CON=Cc2ccccc2Cl)cc1. The first-order chi connectivity index (χ1) is 9.29. The number of rotatable bonds is 5. The standard InChI is InChI=1S/C16H14ClNO/c1-2-13-7-9-14(10-8-13)12-19-18-11-15-5-3-4-6-16(15)17/h2-11H,1,12H2. The van der Waals surface area contributed by atoms with Gasteiger partial charge >= 0.3 is 0 Å². The third-order valence-electron chi connectivity index (χ3n) is 2.62. The third kappa shape index (κ3) is 3.97. The molecule has 3 heteroatoms. The summed E-state index contributed by atoms with van der Waals surface area (Å²) in [7, 11) is 0. The van der Waals surface area contributed by atoms with Gasteiger partial charge in [0, 0.05) is 10.6 Å². The summed E-state index contributed by atoms with van der Waals surface area (Å²) in [6, 6.07) is 15.4. The minimum Gasteiger partial charge on any atom is -0.391 e. The molecule has 0 N–H and O–H groups in total. The zero-order chi connectivity index (χ0) is 13.5. The molecular formula is C16H14ClNO. The number of nitrogens with zero attached hydrogens (tertiary/aromatic N) is 1. The molecule has 2 aromatic rings. The Morgan fingerprint density at radius 1 is 1.11 bits per heavy atom. The molecule has 2 aromatic carbocycles. The van der Waals surface area contributed by atoms with E-state index in [9.17, 15) is 0 Å². The molecule has 0 unspecified atom stereocenters. The monoisotopic (exact) mass is 271 g/mol. The van der Waals surface area contributed by atoms with Crippen LogP contribution in [0.3, 0.4) is 0 Å². The molecule has 0 aliphatic heterocycles. The predicted molar refractivity (Wildman–Crippen MR) is 80.4 cm³/mol. The van der Waals surface area contributed by atoms with Crippen molar-refractivity contribution in [3.8, 4) is 0 Å². The summed E-state index contributed by atoms with van der Waals surface area (Å²) in [5.74, 6) is 0. The molecule has 0 saturated carbocycles. The van der Waals surface area contributed by atoms with Gasteiger partial charge in [0.15, 0.2) is 0 Å². The van der Waals surface area contributed by atoms with Crippen LogP contribution < -0.4 is 0 Å². The van der Waals surface area contributed by atoms with Gasteiger partial charge in [0.25, 0.3) is 0 Å². The van der Waals surface area contributed by atoms with Gasteiger partial charge in [-0.25, -0.2) is 0 Å². The van der Waals surface area contributed by atoms with E-state index in [4.69, 9.17) is 16.4 Å². The van der Waals surface area contributed by atoms with Gasteiger partial charge in [-0.3, -0.25) is 0 Å². The van der Waals surface area contributed by atoms with Crippen LogP contribution in [0.4, 0.5) is 0 Å². The van der Waals surface area contributed by atoms with E-state index in [1.54, 1.807) is 12.3 Å². The van der Waals surface area contributed by atoms with Crippen LogP contribution in [0, 0.1) is 0 Å². The first-order valence-electron chi connectivity index (χ1n) is 5.91. The minimum absolute atomic E-state index is 0.429. The van der Waals surface area contributed by atoms with Gasteiger partial charge in [0.2, 0.25) is 0 Å². The maximum atomic E-state index is 6.00. The molecular weight excluding hydrogens is 258 g/mol. The minimum atomic E-state index is 0.429. The lowest BCUT2D eigenvalue weighted by atomic mass is 10.1. The molecule has 0 heterocycles. The predicted octanol–water partition coefficient (Wildman–Crippen LogP) is 4.53. The molecule has 0 saturated heterocycles. The summed E-state index contributed by atoms with van der Waals surface area (Å²) >= 11 is 6.00. The van der Waals surface area contributed by atoms with Crippen LogP contribution in [0.2, 0.25) is 5.02 Å². The Bertz CT molecular complexity index is 576. The van der Waals surface area contributed by atoms with E-state index in [-0.39, 0.29) is 0 Å². The topological polar surface area (TPSA) is 21.6 Å². The van der Waals surface area contributed by atoms with E-state index in [1.165, 1.54) is 0 Å². The van der Waals surface area contributed by atoms with E-state index in [1.807, 2.05) is 48.5 Å². The van der Waals surface area contributed by atoms with Gasteiger partial charge in [-0.2, -0.15) is 0 Å². The molecule has 0 spiro atoms. The van der Waals surface area contributed by atoms with Crippen molar-refractivity contribution >= 4 is 23.9 Å². The van der Waals surface area contributed by atoms with Gasteiger partial charge < -0.3 is 4.84 Å². The lowest BCUT2D eigenvalue weighted by Crippen LogP contribution is -1.89. The molecule has 96 valence electrons. The first kappa shape index (κ1) is 13.4. The molecule has 0 fully saturated rings. The fourth-order valence-corrected chi connectivity index (χ4v) is 1.72. The van der Waals surface area contributed by atoms with Crippen LogP contribution in [0.1, 0.15) is 16.7 Å². The van der Waals surface area contributed by atoms with E-state index < -0.39 is 0 Å². The van der Waals surface area contributed by atoms with Crippen LogP contribution in [0.5, 0.6) is 0 Å². The van der Waals surface area contributed by atoms with Gasteiger partial charge in [0.05, 0.1) is 6.21 Å². The fraction of sp³-hybridized carbons (Fsp3) is 0.0625. The summed E-state index contributed by atoms with van der Waals surface area (Å²) < 4.78 is 0. The first-order valence-corrected chi connectivity index (χ1v) is 6.28. The summed E-state index contributed by atoms with van der Waals surface area (Å²) in [6.07, 6.45) is 3.42. The van der Waals surface area contributed by atoms with Crippen molar-refractivity contribution in [3.63, 3.8) is 0 Å². The lowest BCUT2D eigenvalue weighted by molar-refractivity contribution is 0.132. The van der Waals surface area contributed by atoms with Gasteiger partial charge in [-0.15, -0.1) is 0 Å². The molecule has 0 radical (unpaired) electrons. The number of halogens is 1. The summed E-state index contributed by atoms with van der Waals surface area (Å²) in [6.45, 7) is 4.14. The van der Waals surface area contributed by atoms with Crippen molar-refractivity contribution in [2.24, 2.45) is 5.16 Å². The van der Waals surface area contributed by atoms with Gasteiger partial charge in [0.1, 0.15) is 6.61 Å². The number of hydrogen-bond donors (Lipinski definition) is 0. The quantitative estimate of drug-likeness (QED) is 0.578. The van der Waals surface area contributed by atoms with E-state index >= 15 is 0 Å². The van der Waals surface area contributed by atoms with Crippen molar-refractivity contribution in [3.05, 3.63) is 76.8 Å². The zero-order valence-corrected chi connectivity index (χ0v) is 11.2. The maximum absolute atomic E-state index is 6.00. The Morgan fingerprint density at radius 3 is 2.53 bits per heavy atom. The summed E-state index contributed by atoms with van der Waals surface area (Å²) in [5, 5.41) is 4.57. The molecule has 0 aliphatic carbocycles. The Morgan fingerprint density at radius 2 is 1.84 bits per heavy atom. The highest BCUT2D eigenvalue weighted by Gasteiger charge is 1.95. The number of oxime groups is 1. The Hall–Kier alpha value is -2.06. The third-order valence-corrected chi connectivity index (χ3v) is 2.96. The van der Waals surface area contributed by atoms with Crippen LogP contribution in [-0.2, 0) is 11.4 Å². The second kappa shape index (κ2) is 6.76. The molecule has 0 atom stereocenters.